The molecule has 0 bridgehead atoms. The van der Waals surface area contributed by atoms with Crippen LogP contribution in [-0.4, -0.2) is 0 Å². The van der Waals surface area contributed by atoms with Crippen molar-refractivity contribution in [3.63, 3.8) is 0 Å². The van der Waals surface area contributed by atoms with Crippen LogP contribution in [0.15, 0.2) is 48.6 Å². The van der Waals surface area contributed by atoms with Crippen molar-refractivity contribution < 1.29 is 0 Å². The molecular formula is C11H14. The minimum absolute atomic E-state index is 1.06. The van der Waals surface area contributed by atoms with E-state index < -0.39 is 0 Å². The maximum atomic E-state index is 2.24. The standard InChI is InChI=1S/C11H14/c1-2-4-6-8-10-11-9-7-5-3-1/h1-6,9,11H,7-8,10H2/b2-1-,5-3-,6-4-,11-9-. The summed E-state index contributed by atoms with van der Waals surface area (Å²) in [5.74, 6) is 0. The van der Waals surface area contributed by atoms with Crippen LogP contribution in [0.1, 0.15) is 19.3 Å². The van der Waals surface area contributed by atoms with Gasteiger partial charge in [-0.1, -0.05) is 48.6 Å². The van der Waals surface area contributed by atoms with Gasteiger partial charge in [0.1, 0.15) is 0 Å². The van der Waals surface area contributed by atoms with Crippen molar-refractivity contribution in [3.8, 4) is 0 Å². The average Bonchev–Trinajstić information content (AvgIpc) is 2.08. The first-order valence-electron chi connectivity index (χ1n) is 4.13. The van der Waals surface area contributed by atoms with Gasteiger partial charge in [-0.2, -0.15) is 0 Å². The highest BCUT2D eigenvalue weighted by atomic mass is 13.8. The number of rotatable bonds is 0. The van der Waals surface area contributed by atoms with E-state index in [1.54, 1.807) is 0 Å². The molecule has 0 heteroatoms. The fraction of sp³-hybridized carbons (Fsp3) is 0.273. The summed E-state index contributed by atoms with van der Waals surface area (Å²) in [5.41, 5.74) is 0. The van der Waals surface area contributed by atoms with Crippen molar-refractivity contribution in [1.29, 1.82) is 0 Å². The van der Waals surface area contributed by atoms with Crippen molar-refractivity contribution in [1.82, 2.24) is 0 Å². The Labute approximate surface area is 68.6 Å². The van der Waals surface area contributed by atoms with Crippen LogP contribution in [0.2, 0.25) is 0 Å². The Kier molecular flexibility index (Phi) is 4.19. The Balaban J connectivity index is 2.47. The van der Waals surface area contributed by atoms with Crippen LogP contribution in [0.5, 0.6) is 0 Å². The van der Waals surface area contributed by atoms with Gasteiger partial charge in [-0.05, 0) is 19.3 Å². The molecule has 0 aromatic rings. The highest BCUT2D eigenvalue weighted by Crippen LogP contribution is 1.97. The van der Waals surface area contributed by atoms with E-state index in [1.165, 1.54) is 0 Å². The minimum Gasteiger partial charge on any atom is -0.0879 e. The van der Waals surface area contributed by atoms with E-state index in [2.05, 4.69) is 48.6 Å². The lowest BCUT2D eigenvalue weighted by Gasteiger charge is -1.83. The quantitative estimate of drug-likeness (QED) is 0.459. The monoisotopic (exact) mass is 146 g/mol. The molecule has 0 aromatic carbocycles. The van der Waals surface area contributed by atoms with Gasteiger partial charge in [-0.3, -0.25) is 0 Å². The Morgan fingerprint density at radius 2 is 1.27 bits per heavy atom. The largest absolute Gasteiger partial charge is 0.0879 e. The molecule has 0 fully saturated rings. The lowest BCUT2D eigenvalue weighted by atomic mass is 10.2. The maximum absolute atomic E-state index is 2.24. The van der Waals surface area contributed by atoms with Crippen LogP contribution in [0.3, 0.4) is 0 Å². The summed E-state index contributed by atoms with van der Waals surface area (Å²) in [7, 11) is 0. The summed E-state index contributed by atoms with van der Waals surface area (Å²) in [6, 6.07) is 0. The summed E-state index contributed by atoms with van der Waals surface area (Å²) in [6.07, 6.45) is 20.5. The third-order valence-electron chi connectivity index (χ3n) is 1.54. The molecule has 1 aliphatic carbocycles. The van der Waals surface area contributed by atoms with Crippen LogP contribution in [-0.2, 0) is 0 Å². The van der Waals surface area contributed by atoms with Gasteiger partial charge in [0, 0.05) is 0 Å². The summed E-state index contributed by atoms with van der Waals surface area (Å²) in [4.78, 5) is 0. The molecule has 0 amide bonds. The highest BCUT2D eigenvalue weighted by Gasteiger charge is 1.76. The number of hydrogen-bond acceptors (Lipinski definition) is 0. The van der Waals surface area contributed by atoms with Crippen LogP contribution >= 0.6 is 0 Å². The molecule has 0 saturated heterocycles. The SMILES string of the molecule is C1=C\C=C/CC/C=C\C\C=C/1. The minimum atomic E-state index is 1.06. The van der Waals surface area contributed by atoms with Crippen molar-refractivity contribution in [2.75, 3.05) is 0 Å². The van der Waals surface area contributed by atoms with E-state index in [0.29, 0.717) is 0 Å². The maximum Gasteiger partial charge on any atom is -0.0166 e. The molecule has 0 spiro atoms. The summed E-state index contributed by atoms with van der Waals surface area (Å²) < 4.78 is 0. The molecule has 1 rings (SSSR count). The number of allylic oxidation sites excluding steroid dienone is 8. The summed E-state index contributed by atoms with van der Waals surface area (Å²) >= 11 is 0. The van der Waals surface area contributed by atoms with Gasteiger partial charge >= 0.3 is 0 Å². The lowest BCUT2D eigenvalue weighted by Crippen LogP contribution is -1.63. The first-order chi connectivity index (χ1) is 5.50. The second-order valence-electron chi connectivity index (χ2n) is 2.53. The van der Waals surface area contributed by atoms with Gasteiger partial charge in [-0.15, -0.1) is 0 Å². The van der Waals surface area contributed by atoms with Gasteiger partial charge in [0.25, 0.3) is 0 Å². The van der Waals surface area contributed by atoms with Crippen molar-refractivity contribution in [2.45, 2.75) is 19.3 Å². The molecule has 0 radical (unpaired) electrons. The van der Waals surface area contributed by atoms with Gasteiger partial charge in [0.15, 0.2) is 0 Å². The van der Waals surface area contributed by atoms with E-state index >= 15 is 0 Å². The Morgan fingerprint density at radius 3 is 2.18 bits per heavy atom. The first-order valence-corrected chi connectivity index (χ1v) is 4.13. The zero-order valence-corrected chi connectivity index (χ0v) is 6.74. The van der Waals surface area contributed by atoms with E-state index in [9.17, 15) is 0 Å². The van der Waals surface area contributed by atoms with Crippen LogP contribution in [0, 0.1) is 0 Å². The molecule has 0 aliphatic heterocycles. The molecule has 0 nitrogen and oxygen atoms in total. The summed E-state index contributed by atoms with van der Waals surface area (Å²) in [5, 5.41) is 0. The topological polar surface area (TPSA) is 0 Å². The second kappa shape index (κ2) is 5.72. The molecule has 0 N–H and O–H groups in total. The average molecular weight is 146 g/mol. The van der Waals surface area contributed by atoms with Crippen LogP contribution in [0.25, 0.3) is 0 Å². The van der Waals surface area contributed by atoms with E-state index in [0.717, 1.165) is 19.3 Å². The molecule has 11 heavy (non-hydrogen) atoms. The molecule has 0 saturated carbocycles. The predicted molar refractivity (Wildman–Crippen MR) is 50.4 cm³/mol. The van der Waals surface area contributed by atoms with E-state index in [1.807, 2.05) is 0 Å². The summed E-state index contributed by atoms with van der Waals surface area (Å²) in [6.45, 7) is 0. The van der Waals surface area contributed by atoms with Crippen LogP contribution < -0.4 is 0 Å². The smallest absolute Gasteiger partial charge is 0.0166 e. The second-order valence-corrected chi connectivity index (χ2v) is 2.53. The van der Waals surface area contributed by atoms with Gasteiger partial charge in [-0.25, -0.2) is 0 Å². The van der Waals surface area contributed by atoms with Crippen molar-refractivity contribution in [3.05, 3.63) is 48.6 Å². The molecular weight excluding hydrogens is 132 g/mol. The molecule has 0 unspecified atom stereocenters. The fourth-order valence-corrected chi connectivity index (χ4v) is 0.945. The van der Waals surface area contributed by atoms with Gasteiger partial charge < -0.3 is 0 Å². The van der Waals surface area contributed by atoms with E-state index in [4.69, 9.17) is 0 Å². The third kappa shape index (κ3) is 4.38. The zero-order valence-electron chi connectivity index (χ0n) is 6.74. The lowest BCUT2D eigenvalue weighted by molar-refractivity contribution is 1.04. The highest BCUT2D eigenvalue weighted by molar-refractivity contribution is 5.12. The van der Waals surface area contributed by atoms with Crippen molar-refractivity contribution in [2.24, 2.45) is 0 Å². The fourth-order valence-electron chi connectivity index (χ4n) is 0.945. The number of hydrogen-bond donors (Lipinski definition) is 0. The Morgan fingerprint density at radius 1 is 0.545 bits per heavy atom. The predicted octanol–water partition coefficient (Wildman–Crippen LogP) is 3.40. The zero-order chi connectivity index (χ0) is 7.78. The van der Waals surface area contributed by atoms with E-state index in [-0.39, 0.29) is 0 Å². The molecule has 0 heterocycles. The first kappa shape index (κ1) is 8.06. The third-order valence-corrected chi connectivity index (χ3v) is 1.54. The van der Waals surface area contributed by atoms with Crippen LogP contribution in [0.4, 0.5) is 0 Å². The Bertz CT molecular complexity index is 192. The molecule has 1 aliphatic rings. The molecule has 0 aromatic heterocycles. The Hall–Kier alpha value is -1.04. The normalized spacial score (nSPS) is 29.8. The van der Waals surface area contributed by atoms with Gasteiger partial charge in [0.2, 0.25) is 0 Å². The molecule has 0 atom stereocenters. The van der Waals surface area contributed by atoms with Crippen molar-refractivity contribution >= 4 is 0 Å². The van der Waals surface area contributed by atoms with Gasteiger partial charge in [0.05, 0.1) is 0 Å². The molecule has 58 valence electrons.